The zero-order chi connectivity index (χ0) is 14.8. The molecule has 1 amide bonds. The molecular weight excluding hydrogens is 330 g/mol. The summed E-state index contributed by atoms with van der Waals surface area (Å²) in [6, 6.07) is 2.86. The maximum atomic E-state index is 13.1. The molecule has 4 nitrogen and oxygen atoms in total. The number of hydrogen-bond donors (Lipinski definition) is 1. The maximum Gasteiger partial charge on any atom is 0.270 e. The number of carbonyl (C=O) groups is 1. The lowest BCUT2D eigenvalue weighted by atomic mass is 10.0. The van der Waals surface area contributed by atoms with Crippen molar-refractivity contribution < 1.29 is 4.79 Å². The number of amides is 1. The highest BCUT2D eigenvalue weighted by Crippen LogP contribution is 2.38. The minimum absolute atomic E-state index is 0.197. The molecule has 1 N–H and O–H groups in total. The maximum absolute atomic E-state index is 13.1. The van der Waals surface area contributed by atoms with Gasteiger partial charge in [-0.15, -0.1) is 0 Å². The van der Waals surface area contributed by atoms with E-state index in [0.717, 1.165) is 49.1 Å². The van der Waals surface area contributed by atoms with Crippen molar-refractivity contribution in [3.63, 3.8) is 0 Å². The van der Waals surface area contributed by atoms with Crippen molar-refractivity contribution in [2.45, 2.75) is 51.1 Å². The van der Waals surface area contributed by atoms with Crippen molar-refractivity contribution >= 4 is 21.8 Å². The average molecular weight is 354 g/mol. The Labute approximate surface area is 135 Å². The second kappa shape index (κ2) is 6.53. The first kappa shape index (κ1) is 15.1. The summed E-state index contributed by atoms with van der Waals surface area (Å²) in [4.78, 5) is 15.1. The van der Waals surface area contributed by atoms with Crippen LogP contribution >= 0.6 is 15.9 Å². The molecule has 1 aliphatic carbocycles. The van der Waals surface area contributed by atoms with Gasteiger partial charge in [0.15, 0.2) is 0 Å². The van der Waals surface area contributed by atoms with Crippen molar-refractivity contribution in [3.8, 4) is 0 Å². The highest BCUT2D eigenvalue weighted by molar-refractivity contribution is 9.10. The van der Waals surface area contributed by atoms with Gasteiger partial charge in [-0.1, -0.05) is 6.92 Å². The van der Waals surface area contributed by atoms with Crippen LogP contribution in [0, 0.1) is 0 Å². The van der Waals surface area contributed by atoms with E-state index in [1.807, 2.05) is 6.07 Å². The summed E-state index contributed by atoms with van der Waals surface area (Å²) in [5, 5.41) is 3.43. The quantitative estimate of drug-likeness (QED) is 0.882. The van der Waals surface area contributed by atoms with Crippen LogP contribution < -0.4 is 5.32 Å². The Morgan fingerprint density at radius 1 is 1.48 bits per heavy atom. The Bertz CT molecular complexity index is 504. The minimum Gasteiger partial charge on any atom is -0.339 e. The molecular formula is C16H24BrN3O. The first-order chi connectivity index (χ1) is 10.2. The van der Waals surface area contributed by atoms with Crippen molar-refractivity contribution in [1.82, 2.24) is 14.8 Å². The highest BCUT2D eigenvalue weighted by Gasteiger charge is 2.32. The lowest BCUT2D eigenvalue weighted by molar-refractivity contribution is 0.0637. The van der Waals surface area contributed by atoms with Gasteiger partial charge in [0.05, 0.1) is 0 Å². The molecule has 1 atom stereocenters. The summed E-state index contributed by atoms with van der Waals surface area (Å²) >= 11 is 3.53. The summed E-state index contributed by atoms with van der Waals surface area (Å²) < 4.78 is 3.18. The van der Waals surface area contributed by atoms with Crippen molar-refractivity contribution in [2.75, 3.05) is 19.6 Å². The van der Waals surface area contributed by atoms with E-state index in [0.29, 0.717) is 12.1 Å². The third-order valence-corrected chi connectivity index (χ3v) is 4.85. The van der Waals surface area contributed by atoms with E-state index in [2.05, 4.69) is 43.8 Å². The summed E-state index contributed by atoms with van der Waals surface area (Å²) in [5.41, 5.74) is 0.850. The van der Waals surface area contributed by atoms with Gasteiger partial charge in [0.25, 0.3) is 5.91 Å². The smallest absolute Gasteiger partial charge is 0.270 e. The van der Waals surface area contributed by atoms with Gasteiger partial charge in [-0.3, -0.25) is 4.79 Å². The van der Waals surface area contributed by atoms with Crippen LogP contribution in [0.5, 0.6) is 0 Å². The largest absolute Gasteiger partial charge is 0.339 e. The van der Waals surface area contributed by atoms with E-state index in [4.69, 9.17) is 0 Å². The van der Waals surface area contributed by atoms with Gasteiger partial charge in [-0.25, -0.2) is 0 Å². The fourth-order valence-corrected chi connectivity index (χ4v) is 3.65. The molecule has 1 saturated heterocycles. The Morgan fingerprint density at radius 3 is 2.90 bits per heavy atom. The lowest BCUT2D eigenvalue weighted by Gasteiger charge is -2.34. The number of hydrogen-bond acceptors (Lipinski definition) is 2. The normalized spacial score (nSPS) is 22.3. The van der Waals surface area contributed by atoms with Crippen LogP contribution in [0.25, 0.3) is 0 Å². The van der Waals surface area contributed by atoms with Crippen molar-refractivity contribution in [1.29, 1.82) is 0 Å². The molecule has 1 unspecified atom stereocenters. The third kappa shape index (κ3) is 3.34. The van der Waals surface area contributed by atoms with Crippen LogP contribution in [0.3, 0.4) is 0 Å². The molecule has 21 heavy (non-hydrogen) atoms. The SMILES string of the molecule is CCCN(C(=O)c1cc(Br)cn1C1CC1)C1CCCNC1. The van der Waals surface area contributed by atoms with Gasteiger partial charge < -0.3 is 14.8 Å². The molecule has 2 fully saturated rings. The van der Waals surface area contributed by atoms with Gasteiger partial charge in [0, 0.05) is 35.8 Å². The Hall–Kier alpha value is -0.810. The molecule has 1 aromatic heterocycles. The zero-order valence-electron chi connectivity index (χ0n) is 12.6. The molecule has 1 aliphatic heterocycles. The van der Waals surface area contributed by atoms with Gasteiger partial charge in [-0.05, 0) is 60.6 Å². The molecule has 0 radical (unpaired) electrons. The van der Waals surface area contributed by atoms with E-state index in [1.165, 1.54) is 12.8 Å². The second-order valence-electron chi connectivity index (χ2n) is 6.18. The monoisotopic (exact) mass is 353 g/mol. The number of aromatic nitrogens is 1. The molecule has 3 rings (SSSR count). The fraction of sp³-hybridized carbons (Fsp3) is 0.688. The Kier molecular flexibility index (Phi) is 4.69. The molecule has 2 aliphatic rings. The number of carbonyl (C=O) groups excluding carboxylic acids is 1. The van der Waals surface area contributed by atoms with E-state index in [9.17, 15) is 4.79 Å². The van der Waals surface area contributed by atoms with Gasteiger partial charge >= 0.3 is 0 Å². The number of rotatable bonds is 5. The van der Waals surface area contributed by atoms with Crippen molar-refractivity contribution in [3.05, 3.63) is 22.4 Å². The Morgan fingerprint density at radius 2 is 2.29 bits per heavy atom. The average Bonchev–Trinajstić information content (AvgIpc) is 3.27. The molecule has 0 bridgehead atoms. The summed E-state index contributed by atoms with van der Waals surface area (Å²) in [6.07, 6.45) is 7.73. The lowest BCUT2D eigenvalue weighted by Crippen LogP contribution is -2.49. The zero-order valence-corrected chi connectivity index (χ0v) is 14.2. The standard InChI is InChI=1S/C16H24BrN3O/c1-2-8-19(14-4-3-7-18-10-14)16(21)15-9-12(17)11-20(15)13-5-6-13/h9,11,13-14,18H,2-8,10H2,1H3. The summed E-state index contributed by atoms with van der Waals surface area (Å²) in [5.74, 6) is 0.197. The molecule has 1 aromatic rings. The first-order valence-electron chi connectivity index (χ1n) is 8.09. The van der Waals surface area contributed by atoms with Gasteiger partial charge in [0.1, 0.15) is 5.69 Å². The molecule has 2 heterocycles. The minimum atomic E-state index is 0.197. The first-order valence-corrected chi connectivity index (χ1v) is 8.89. The van der Waals surface area contributed by atoms with Crippen LogP contribution in [0.15, 0.2) is 16.7 Å². The highest BCUT2D eigenvalue weighted by atomic mass is 79.9. The van der Waals surface area contributed by atoms with Crippen LogP contribution in [-0.2, 0) is 0 Å². The molecule has 116 valence electrons. The predicted molar refractivity (Wildman–Crippen MR) is 87.6 cm³/mol. The van der Waals surface area contributed by atoms with Gasteiger partial charge in [-0.2, -0.15) is 0 Å². The predicted octanol–water partition coefficient (Wildman–Crippen LogP) is 3.19. The topological polar surface area (TPSA) is 37.3 Å². The molecule has 1 saturated carbocycles. The Balaban J connectivity index is 1.82. The van der Waals surface area contributed by atoms with E-state index in [-0.39, 0.29) is 5.91 Å². The fourth-order valence-electron chi connectivity index (χ4n) is 3.21. The molecule has 0 aromatic carbocycles. The second-order valence-corrected chi connectivity index (χ2v) is 7.10. The van der Waals surface area contributed by atoms with E-state index in [1.54, 1.807) is 0 Å². The van der Waals surface area contributed by atoms with E-state index < -0.39 is 0 Å². The number of nitrogens with zero attached hydrogens (tertiary/aromatic N) is 2. The summed E-state index contributed by atoms with van der Waals surface area (Å²) in [6.45, 7) is 5.00. The number of nitrogens with one attached hydrogen (secondary N) is 1. The number of piperidine rings is 1. The molecule has 5 heteroatoms. The summed E-state index contributed by atoms with van der Waals surface area (Å²) in [7, 11) is 0. The van der Waals surface area contributed by atoms with Crippen LogP contribution in [0.2, 0.25) is 0 Å². The number of halogens is 1. The molecule has 0 spiro atoms. The van der Waals surface area contributed by atoms with Gasteiger partial charge in [0.2, 0.25) is 0 Å². The van der Waals surface area contributed by atoms with Crippen molar-refractivity contribution in [2.24, 2.45) is 0 Å². The van der Waals surface area contributed by atoms with Crippen LogP contribution in [-0.4, -0.2) is 41.1 Å². The van der Waals surface area contributed by atoms with Crippen LogP contribution in [0.1, 0.15) is 55.6 Å². The van der Waals surface area contributed by atoms with Crippen LogP contribution in [0.4, 0.5) is 0 Å². The third-order valence-electron chi connectivity index (χ3n) is 4.41. The van der Waals surface area contributed by atoms with E-state index >= 15 is 0 Å².